The molecule has 1 rings (SSSR count). The molecule has 0 aliphatic heterocycles. The number of hydrogen-bond donors (Lipinski definition) is 1. The molecule has 0 aliphatic rings. The fourth-order valence-electron chi connectivity index (χ4n) is 1.92. The van der Waals surface area contributed by atoms with Gasteiger partial charge in [-0.05, 0) is 17.9 Å². The molecule has 0 unspecified atom stereocenters. The smallest absolute Gasteiger partial charge is 0.225 e. The first-order valence-electron chi connectivity index (χ1n) is 7.01. The minimum atomic E-state index is 0.246. The van der Waals surface area contributed by atoms with Gasteiger partial charge < -0.3 is 10.2 Å². The molecule has 108 valence electrons. The van der Waals surface area contributed by atoms with Crippen LogP contribution in [-0.2, 0) is 6.54 Å². The van der Waals surface area contributed by atoms with E-state index in [0.717, 1.165) is 31.1 Å². The SMILES string of the molecule is CC(C)CNCc1cnc(N(C)CC(C)(C)C)nc1. The summed E-state index contributed by atoms with van der Waals surface area (Å²) in [7, 11) is 2.04. The lowest BCUT2D eigenvalue weighted by Crippen LogP contribution is -2.30. The van der Waals surface area contributed by atoms with Crippen LogP contribution in [0, 0.1) is 11.3 Å². The summed E-state index contributed by atoms with van der Waals surface area (Å²) in [5, 5.41) is 3.39. The molecule has 0 aliphatic carbocycles. The van der Waals surface area contributed by atoms with Gasteiger partial charge in [0.25, 0.3) is 0 Å². The molecule has 1 aromatic rings. The van der Waals surface area contributed by atoms with E-state index in [-0.39, 0.29) is 5.41 Å². The van der Waals surface area contributed by atoms with Gasteiger partial charge in [-0.15, -0.1) is 0 Å². The molecule has 0 fully saturated rings. The Morgan fingerprint density at radius 3 is 2.26 bits per heavy atom. The maximum Gasteiger partial charge on any atom is 0.225 e. The lowest BCUT2D eigenvalue weighted by Gasteiger charge is -2.26. The predicted octanol–water partition coefficient (Wildman–Crippen LogP) is 2.70. The number of nitrogens with zero attached hydrogens (tertiary/aromatic N) is 3. The zero-order valence-electron chi connectivity index (χ0n) is 13.2. The van der Waals surface area contributed by atoms with Gasteiger partial charge in [0.15, 0.2) is 0 Å². The molecule has 19 heavy (non-hydrogen) atoms. The largest absolute Gasteiger partial charge is 0.343 e. The van der Waals surface area contributed by atoms with E-state index in [1.54, 1.807) is 0 Å². The van der Waals surface area contributed by atoms with Crippen molar-refractivity contribution >= 4 is 5.95 Å². The highest BCUT2D eigenvalue weighted by molar-refractivity contribution is 5.28. The van der Waals surface area contributed by atoms with Gasteiger partial charge in [0.1, 0.15) is 0 Å². The Morgan fingerprint density at radius 2 is 1.79 bits per heavy atom. The van der Waals surface area contributed by atoms with Crippen molar-refractivity contribution in [2.45, 2.75) is 41.2 Å². The van der Waals surface area contributed by atoms with Gasteiger partial charge in [0.05, 0.1) is 0 Å². The normalized spacial score (nSPS) is 11.9. The van der Waals surface area contributed by atoms with Gasteiger partial charge >= 0.3 is 0 Å². The van der Waals surface area contributed by atoms with Gasteiger partial charge in [-0.2, -0.15) is 0 Å². The minimum Gasteiger partial charge on any atom is -0.343 e. The lowest BCUT2D eigenvalue weighted by molar-refractivity contribution is 0.416. The Kier molecular flexibility index (Phi) is 5.73. The van der Waals surface area contributed by atoms with E-state index in [4.69, 9.17) is 0 Å². The van der Waals surface area contributed by atoms with Crippen molar-refractivity contribution in [1.82, 2.24) is 15.3 Å². The summed E-state index contributed by atoms with van der Waals surface area (Å²) in [6.45, 7) is 13.8. The van der Waals surface area contributed by atoms with Gasteiger partial charge in [-0.3, -0.25) is 0 Å². The topological polar surface area (TPSA) is 41.1 Å². The van der Waals surface area contributed by atoms with Crippen LogP contribution in [0.25, 0.3) is 0 Å². The number of nitrogens with one attached hydrogen (secondary N) is 1. The van der Waals surface area contributed by atoms with Crippen molar-refractivity contribution in [2.24, 2.45) is 11.3 Å². The van der Waals surface area contributed by atoms with Crippen LogP contribution in [0.3, 0.4) is 0 Å². The van der Waals surface area contributed by atoms with Crippen molar-refractivity contribution in [2.75, 3.05) is 25.0 Å². The third-order valence-corrected chi connectivity index (χ3v) is 2.63. The molecule has 0 atom stereocenters. The molecule has 4 heteroatoms. The van der Waals surface area contributed by atoms with Crippen molar-refractivity contribution in [3.63, 3.8) is 0 Å². The van der Waals surface area contributed by atoms with E-state index < -0.39 is 0 Å². The van der Waals surface area contributed by atoms with Crippen molar-refractivity contribution in [3.05, 3.63) is 18.0 Å². The van der Waals surface area contributed by atoms with Gasteiger partial charge in [0.2, 0.25) is 5.95 Å². The fourth-order valence-corrected chi connectivity index (χ4v) is 1.92. The standard InChI is InChI=1S/C15H28N4/c1-12(2)7-16-8-13-9-17-14(18-10-13)19(6)11-15(3,4)5/h9-10,12,16H,7-8,11H2,1-6H3. The quantitative estimate of drug-likeness (QED) is 0.857. The van der Waals surface area contributed by atoms with E-state index in [1.807, 2.05) is 19.4 Å². The molecular formula is C15H28N4. The Balaban J connectivity index is 2.51. The summed E-state index contributed by atoms with van der Waals surface area (Å²) >= 11 is 0. The second-order valence-electron chi connectivity index (χ2n) is 6.83. The van der Waals surface area contributed by atoms with Crippen LogP contribution >= 0.6 is 0 Å². The second kappa shape index (κ2) is 6.85. The average molecular weight is 264 g/mol. The van der Waals surface area contributed by atoms with E-state index in [1.165, 1.54) is 0 Å². The van der Waals surface area contributed by atoms with E-state index >= 15 is 0 Å². The van der Waals surface area contributed by atoms with Gasteiger partial charge in [-0.1, -0.05) is 34.6 Å². The summed E-state index contributed by atoms with van der Waals surface area (Å²) in [4.78, 5) is 11.0. The highest BCUT2D eigenvalue weighted by Crippen LogP contribution is 2.17. The lowest BCUT2D eigenvalue weighted by atomic mass is 9.96. The van der Waals surface area contributed by atoms with Crippen LogP contribution in [0.4, 0.5) is 5.95 Å². The Morgan fingerprint density at radius 1 is 1.21 bits per heavy atom. The molecule has 1 N–H and O–H groups in total. The fraction of sp³-hybridized carbons (Fsp3) is 0.733. The second-order valence-corrected chi connectivity index (χ2v) is 6.83. The summed E-state index contributed by atoms with van der Waals surface area (Å²) in [5.41, 5.74) is 1.38. The molecule has 0 saturated carbocycles. The minimum absolute atomic E-state index is 0.246. The third kappa shape index (κ3) is 6.53. The van der Waals surface area contributed by atoms with Crippen LogP contribution < -0.4 is 10.2 Å². The number of aromatic nitrogens is 2. The highest BCUT2D eigenvalue weighted by Gasteiger charge is 2.15. The molecule has 1 heterocycles. The van der Waals surface area contributed by atoms with Crippen molar-refractivity contribution in [3.8, 4) is 0 Å². The summed E-state index contributed by atoms with van der Waals surface area (Å²) < 4.78 is 0. The van der Waals surface area contributed by atoms with Crippen LogP contribution in [-0.4, -0.2) is 30.1 Å². The molecule has 0 saturated heterocycles. The highest BCUT2D eigenvalue weighted by atomic mass is 15.2. The van der Waals surface area contributed by atoms with Crippen molar-refractivity contribution in [1.29, 1.82) is 0 Å². The summed E-state index contributed by atoms with van der Waals surface area (Å²) in [6, 6.07) is 0. The zero-order chi connectivity index (χ0) is 14.5. The maximum atomic E-state index is 4.44. The number of hydrogen-bond acceptors (Lipinski definition) is 4. The molecule has 4 nitrogen and oxygen atoms in total. The van der Waals surface area contributed by atoms with Crippen LogP contribution in [0.5, 0.6) is 0 Å². The van der Waals surface area contributed by atoms with Crippen LogP contribution in [0.2, 0.25) is 0 Å². The Bertz CT molecular complexity index is 365. The molecular weight excluding hydrogens is 236 g/mol. The molecule has 0 radical (unpaired) electrons. The molecule has 0 spiro atoms. The Hall–Kier alpha value is -1.16. The molecule has 0 aromatic carbocycles. The van der Waals surface area contributed by atoms with E-state index in [2.05, 4.69) is 54.8 Å². The molecule has 1 aromatic heterocycles. The summed E-state index contributed by atoms with van der Waals surface area (Å²) in [6.07, 6.45) is 3.82. The predicted molar refractivity (Wildman–Crippen MR) is 81.3 cm³/mol. The first-order valence-corrected chi connectivity index (χ1v) is 7.01. The molecule has 0 amide bonds. The van der Waals surface area contributed by atoms with Crippen LogP contribution in [0.15, 0.2) is 12.4 Å². The molecule has 0 bridgehead atoms. The van der Waals surface area contributed by atoms with Crippen molar-refractivity contribution < 1.29 is 0 Å². The first-order chi connectivity index (χ1) is 8.78. The van der Waals surface area contributed by atoms with Gasteiger partial charge in [-0.25, -0.2) is 9.97 Å². The number of rotatable bonds is 6. The number of anilines is 1. The Labute approximate surface area is 117 Å². The monoisotopic (exact) mass is 264 g/mol. The van der Waals surface area contributed by atoms with E-state index in [9.17, 15) is 0 Å². The van der Waals surface area contributed by atoms with Crippen LogP contribution in [0.1, 0.15) is 40.2 Å². The first kappa shape index (κ1) is 15.9. The van der Waals surface area contributed by atoms with E-state index in [0.29, 0.717) is 5.92 Å². The zero-order valence-corrected chi connectivity index (χ0v) is 13.2. The summed E-state index contributed by atoms with van der Waals surface area (Å²) in [5.74, 6) is 1.46. The van der Waals surface area contributed by atoms with Gasteiger partial charge in [0, 0.05) is 38.1 Å². The maximum absolute atomic E-state index is 4.44. The third-order valence-electron chi connectivity index (χ3n) is 2.63. The average Bonchev–Trinajstić information content (AvgIpc) is 2.27.